The maximum atomic E-state index is 11.4. The monoisotopic (exact) mass is 349 g/mol. The molecule has 16 heavy (non-hydrogen) atoms. The van der Waals surface area contributed by atoms with E-state index in [0.717, 1.165) is 15.8 Å². The summed E-state index contributed by atoms with van der Waals surface area (Å²) in [5.41, 5.74) is 0.980. The maximum absolute atomic E-state index is 11.4. The lowest BCUT2D eigenvalue weighted by Gasteiger charge is -2.18. The molecule has 1 aromatic rings. The Kier molecular flexibility index (Phi) is 5.28. The smallest absolute Gasteiger partial charge is 0.233 e. The van der Waals surface area contributed by atoms with Crippen LogP contribution in [-0.2, 0) is 11.3 Å². The van der Waals surface area contributed by atoms with E-state index < -0.39 is 0 Å². The Morgan fingerprint density at radius 3 is 2.75 bits per heavy atom. The van der Waals surface area contributed by atoms with Crippen molar-refractivity contribution in [2.45, 2.75) is 6.54 Å². The quantitative estimate of drug-likeness (QED) is 0.781. The van der Waals surface area contributed by atoms with Crippen molar-refractivity contribution < 1.29 is 9.53 Å². The van der Waals surface area contributed by atoms with Crippen LogP contribution in [0, 0.1) is 0 Å². The standard InChI is InChI=1S/C11H13Br2NO2/c1-14(11(15)6-12)7-8-5-9(13)3-4-10(8)16-2/h3-5H,6-7H2,1-2H3. The van der Waals surface area contributed by atoms with E-state index in [1.54, 1.807) is 19.1 Å². The van der Waals surface area contributed by atoms with Gasteiger partial charge in [-0.3, -0.25) is 4.79 Å². The first-order valence-electron chi connectivity index (χ1n) is 4.70. The van der Waals surface area contributed by atoms with Gasteiger partial charge >= 0.3 is 0 Å². The first-order chi connectivity index (χ1) is 7.58. The largest absolute Gasteiger partial charge is 0.496 e. The van der Waals surface area contributed by atoms with Gasteiger partial charge in [0.25, 0.3) is 0 Å². The minimum atomic E-state index is 0.0435. The van der Waals surface area contributed by atoms with Gasteiger partial charge < -0.3 is 9.64 Å². The van der Waals surface area contributed by atoms with E-state index >= 15 is 0 Å². The summed E-state index contributed by atoms with van der Waals surface area (Å²) in [6, 6.07) is 5.75. The molecule has 1 rings (SSSR count). The van der Waals surface area contributed by atoms with Crippen molar-refractivity contribution in [3.05, 3.63) is 28.2 Å². The van der Waals surface area contributed by atoms with Crippen molar-refractivity contribution in [1.29, 1.82) is 0 Å². The van der Waals surface area contributed by atoms with E-state index in [1.165, 1.54) is 0 Å². The van der Waals surface area contributed by atoms with Gasteiger partial charge in [-0.1, -0.05) is 31.9 Å². The van der Waals surface area contributed by atoms with Gasteiger partial charge in [-0.05, 0) is 18.2 Å². The number of methoxy groups -OCH3 is 1. The van der Waals surface area contributed by atoms with Gasteiger partial charge in [-0.2, -0.15) is 0 Å². The van der Waals surface area contributed by atoms with Crippen molar-refractivity contribution >= 4 is 37.8 Å². The van der Waals surface area contributed by atoms with Crippen LogP contribution in [0.25, 0.3) is 0 Å². The van der Waals surface area contributed by atoms with Gasteiger partial charge in [0, 0.05) is 23.6 Å². The fourth-order valence-corrected chi connectivity index (χ4v) is 2.15. The summed E-state index contributed by atoms with van der Waals surface area (Å²) < 4.78 is 6.22. The Morgan fingerprint density at radius 1 is 1.50 bits per heavy atom. The van der Waals surface area contributed by atoms with Crippen molar-refractivity contribution in [2.75, 3.05) is 19.5 Å². The third-order valence-electron chi connectivity index (χ3n) is 2.19. The zero-order chi connectivity index (χ0) is 12.1. The summed E-state index contributed by atoms with van der Waals surface area (Å²) in [5, 5.41) is 0.333. The number of halogens is 2. The highest BCUT2D eigenvalue weighted by atomic mass is 79.9. The molecule has 0 N–H and O–H groups in total. The molecule has 0 aliphatic carbocycles. The van der Waals surface area contributed by atoms with Gasteiger partial charge in [0.15, 0.2) is 0 Å². The number of ether oxygens (including phenoxy) is 1. The van der Waals surface area contributed by atoms with E-state index in [4.69, 9.17) is 4.74 Å². The Bertz CT molecular complexity index is 382. The molecule has 0 aliphatic heterocycles. The van der Waals surface area contributed by atoms with Gasteiger partial charge in [0.2, 0.25) is 5.91 Å². The fraction of sp³-hybridized carbons (Fsp3) is 0.364. The molecule has 1 amide bonds. The van der Waals surface area contributed by atoms with Crippen molar-refractivity contribution in [3.63, 3.8) is 0 Å². The highest BCUT2D eigenvalue weighted by Gasteiger charge is 2.11. The fourth-order valence-electron chi connectivity index (χ4n) is 1.32. The highest BCUT2D eigenvalue weighted by Crippen LogP contribution is 2.24. The van der Waals surface area contributed by atoms with E-state index in [0.29, 0.717) is 11.9 Å². The van der Waals surface area contributed by atoms with Gasteiger partial charge in [-0.25, -0.2) is 0 Å². The van der Waals surface area contributed by atoms with Gasteiger partial charge in [-0.15, -0.1) is 0 Å². The Labute approximate surface area is 112 Å². The highest BCUT2D eigenvalue weighted by molar-refractivity contribution is 9.10. The number of hydrogen-bond donors (Lipinski definition) is 0. The van der Waals surface area contributed by atoms with Crippen LogP contribution in [-0.4, -0.2) is 30.3 Å². The third-order valence-corrected chi connectivity index (χ3v) is 3.16. The van der Waals surface area contributed by atoms with Crippen LogP contribution in [0.15, 0.2) is 22.7 Å². The second kappa shape index (κ2) is 6.25. The van der Waals surface area contributed by atoms with Gasteiger partial charge in [0.1, 0.15) is 5.75 Å². The lowest BCUT2D eigenvalue weighted by atomic mass is 10.2. The molecule has 0 aromatic heterocycles. The SMILES string of the molecule is COc1ccc(Br)cc1CN(C)C(=O)CBr. The number of nitrogens with zero attached hydrogens (tertiary/aromatic N) is 1. The van der Waals surface area contributed by atoms with E-state index in [-0.39, 0.29) is 5.91 Å². The molecule has 0 aliphatic rings. The minimum Gasteiger partial charge on any atom is -0.496 e. The number of carbonyl (C=O) groups excluding carboxylic acids is 1. The Morgan fingerprint density at radius 2 is 2.19 bits per heavy atom. The molecule has 5 heteroatoms. The lowest BCUT2D eigenvalue weighted by molar-refractivity contribution is -0.127. The van der Waals surface area contributed by atoms with E-state index in [2.05, 4.69) is 31.9 Å². The van der Waals surface area contributed by atoms with Crippen LogP contribution < -0.4 is 4.74 Å². The number of carbonyl (C=O) groups is 1. The molecule has 0 spiro atoms. The zero-order valence-electron chi connectivity index (χ0n) is 9.17. The molecule has 1 aromatic carbocycles. The topological polar surface area (TPSA) is 29.5 Å². The van der Waals surface area contributed by atoms with Crippen LogP contribution >= 0.6 is 31.9 Å². The van der Waals surface area contributed by atoms with Crippen LogP contribution in [0.4, 0.5) is 0 Å². The summed E-state index contributed by atoms with van der Waals surface area (Å²) in [7, 11) is 3.39. The normalized spacial score (nSPS) is 10.0. The van der Waals surface area contributed by atoms with E-state index in [1.807, 2.05) is 18.2 Å². The molecular formula is C11H13Br2NO2. The lowest BCUT2D eigenvalue weighted by Crippen LogP contribution is -2.27. The first kappa shape index (κ1) is 13.5. The second-order valence-electron chi connectivity index (χ2n) is 3.34. The summed E-state index contributed by atoms with van der Waals surface area (Å²) >= 11 is 6.55. The van der Waals surface area contributed by atoms with Crippen molar-refractivity contribution in [1.82, 2.24) is 4.90 Å². The number of benzene rings is 1. The van der Waals surface area contributed by atoms with Gasteiger partial charge in [0.05, 0.1) is 12.4 Å². The molecular weight excluding hydrogens is 338 g/mol. The van der Waals surface area contributed by atoms with Crippen molar-refractivity contribution in [3.8, 4) is 5.75 Å². The number of alkyl halides is 1. The number of rotatable bonds is 4. The number of hydrogen-bond acceptors (Lipinski definition) is 2. The molecule has 0 heterocycles. The molecule has 0 unspecified atom stereocenters. The summed E-state index contributed by atoms with van der Waals surface area (Å²) in [6.07, 6.45) is 0. The molecule has 0 atom stereocenters. The third kappa shape index (κ3) is 3.49. The van der Waals surface area contributed by atoms with Crippen LogP contribution in [0.2, 0.25) is 0 Å². The molecule has 0 saturated heterocycles. The van der Waals surface area contributed by atoms with Crippen molar-refractivity contribution in [2.24, 2.45) is 0 Å². The van der Waals surface area contributed by atoms with Crippen LogP contribution in [0.1, 0.15) is 5.56 Å². The zero-order valence-corrected chi connectivity index (χ0v) is 12.3. The average molecular weight is 351 g/mol. The maximum Gasteiger partial charge on any atom is 0.233 e. The molecule has 3 nitrogen and oxygen atoms in total. The molecule has 0 radical (unpaired) electrons. The first-order valence-corrected chi connectivity index (χ1v) is 6.62. The Hall–Kier alpha value is -0.550. The molecule has 88 valence electrons. The molecule has 0 saturated carbocycles. The molecule has 0 fully saturated rings. The van der Waals surface area contributed by atoms with Crippen LogP contribution in [0.5, 0.6) is 5.75 Å². The predicted molar refractivity (Wildman–Crippen MR) is 71.0 cm³/mol. The summed E-state index contributed by atoms with van der Waals surface area (Å²) in [6.45, 7) is 0.535. The van der Waals surface area contributed by atoms with Crippen LogP contribution in [0.3, 0.4) is 0 Å². The molecule has 0 bridgehead atoms. The average Bonchev–Trinajstić information content (AvgIpc) is 2.28. The second-order valence-corrected chi connectivity index (χ2v) is 4.82. The summed E-state index contributed by atoms with van der Waals surface area (Å²) in [5.74, 6) is 0.833. The summed E-state index contributed by atoms with van der Waals surface area (Å²) in [4.78, 5) is 13.1. The minimum absolute atomic E-state index is 0.0435. The Balaban J connectivity index is 2.86. The number of amides is 1. The van der Waals surface area contributed by atoms with E-state index in [9.17, 15) is 4.79 Å². The predicted octanol–water partition coefficient (Wildman–Crippen LogP) is 2.81.